The van der Waals surface area contributed by atoms with E-state index < -0.39 is 79.5 Å². The van der Waals surface area contributed by atoms with Crippen LogP contribution in [0.2, 0.25) is 0 Å². The third-order valence-electron chi connectivity index (χ3n) is 11.6. The van der Waals surface area contributed by atoms with Crippen LogP contribution >= 0.6 is 0 Å². The SMILES string of the molecule is CO[C@@H]1O[C@H](COCc2ccccc2)[C@@H](O[C@@H]2O[C@@H]3CO[C@H](c4ccccc4)O[C@@H]3[C@@H](OCc3ccccc3)[C@@H]2O)[C@H](OCc2ccccc2)[C@H]1N1C(=O)c2ccccc2C1=O. The van der Waals surface area contributed by atoms with Crippen LogP contribution in [0.3, 0.4) is 0 Å². The maximum atomic E-state index is 14.2. The number of rotatable bonds is 15. The first kappa shape index (κ1) is 42.2. The number of hydrogen-bond donors (Lipinski definition) is 1. The molecule has 62 heavy (non-hydrogen) atoms. The fraction of sp³-hybridized carbons (Fsp3) is 0.347. The minimum atomic E-state index is -1.41. The Hall–Kier alpha value is -5.16. The van der Waals surface area contributed by atoms with Gasteiger partial charge in [0, 0.05) is 12.7 Å². The summed E-state index contributed by atoms with van der Waals surface area (Å²) in [5.74, 6) is -1.05. The first-order valence-electron chi connectivity index (χ1n) is 20.9. The summed E-state index contributed by atoms with van der Waals surface area (Å²) in [6.45, 7) is 0.573. The second kappa shape index (κ2) is 19.5. The highest BCUT2D eigenvalue weighted by atomic mass is 16.8. The molecule has 9 rings (SSSR count). The highest BCUT2D eigenvalue weighted by Crippen LogP contribution is 2.40. The number of amides is 2. The van der Waals surface area contributed by atoms with Crippen molar-refractivity contribution in [2.45, 2.75) is 87.5 Å². The summed E-state index contributed by atoms with van der Waals surface area (Å²) in [6.07, 6.45) is -10.2. The number of carbonyl (C=O) groups is 2. The quantitative estimate of drug-likeness (QED) is 0.124. The Labute approximate surface area is 359 Å². The number of carbonyl (C=O) groups excluding carboxylic acids is 2. The monoisotopic (exact) mass is 843 g/mol. The van der Waals surface area contributed by atoms with Gasteiger partial charge in [-0.05, 0) is 28.8 Å². The number of aliphatic hydroxyl groups excluding tert-OH is 1. The Bertz CT molecular complexity index is 2200. The van der Waals surface area contributed by atoms with Crippen LogP contribution in [0.5, 0.6) is 0 Å². The number of methoxy groups -OCH3 is 1. The van der Waals surface area contributed by atoms with Gasteiger partial charge in [-0.3, -0.25) is 14.5 Å². The molecule has 0 aliphatic carbocycles. The van der Waals surface area contributed by atoms with Crippen LogP contribution in [0.25, 0.3) is 0 Å². The third kappa shape index (κ3) is 9.01. The van der Waals surface area contributed by atoms with Crippen LogP contribution in [0.4, 0.5) is 0 Å². The minimum absolute atomic E-state index is 0.0206. The zero-order valence-electron chi connectivity index (χ0n) is 34.1. The van der Waals surface area contributed by atoms with Crippen LogP contribution in [-0.2, 0) is 62.5 Å². The molecule has 3 saturated heterocycles. The second-order valence-electron chi connectivity index (χ2n) is 15.6. The fourth-order valence-corrected chi connectivity index (χ4v) is 8.53. The second-order valence-corrected chi connectivity index (χ2v) is 15.6. The van der Waals surface area contributed by atoms with Crippen molar-refractivity contribution in [1.29, 1.82) is 0 Å². The van der Waals surface area contributed by atoms with Crippen LogP contribution in [0.15, 0.2) is 146 Å². The number of benzene rings is 5. The molecule has 0 unspecified atom stereocenters. The summed E-state index contributed by atoms with van der Waals surface area (Å²) < 4.78 is 58.5. The normalized spacial score (nSPS) is 29.6. The number of hydrogen-bond acceptors (Lipinski definition) is 12. The molecule has 0 aromatic heterocycles. The smallest absolute Gasteiger partial charge is 0.262 e. The maximum Gasteiger partial charge on any atom is 0.262 e. The molecule has 3 fully saturated rings. The number of imide groups is 1. The van der Waals surface area contributed by atoms with Gasteiger partial charge < -0.3 is 47.7 Å². The minimum Gasteiger partial charge on any atom is -0.385 e. The van der Waals surface area contributed by atoms with Crippen molar-refractivity contribution in [3.05, 3.63) is 179 Å². The van der Waals surface area contributed by atoms with E-state index in [9.17, 15) is 14.7 Å². The molecule has 0 radical (unpaired) electrons. The van der Waals surface area contributed by atoms with E-state index in [1.807, 2.05) is 121 Å². The van der Waals surface area contributed by atoms with Crippen molar-refractivity contribution in [2.24, 2.45) is 0 Å². The Kier molecular flexibility index (Phi) is 13.2. The first-order chi connectivity index (χ1) is 30.5. The Morgan fingerprint density at radius 1 is 0.613 bits per heavy atom. The lowest BCUT2D eigenvalue weighted by Gasteiger charge is -2.51. The van der Waals surface area contributed by atoms with Crippen LogP contribution in [0, 0.1) is 0 Å². The molecule has 13 nitrogen and oxygen atoms in total. The van der Waals surface area contributed by atoms with Gasteiger partial charge in [0.05, 0.1) is 44.2 Å². The molecule has 322 valence electrons. The molecule has 11 atom stereocenters. The number of fused-ring (bicyclic) bond motifs is 2. The maximum absolute atomic E-state index is 14.2. The van der Waals surface area contributed by atoms with E-state index in [1.54, 1.807) is 24.3 Å². The van der Waals surface area contributed by atoms with Gasteiger partial charge in [0.15, 0.2) is 18.9 Å². The van der Waals surface area contributed by atoms with Crippen LogP contribution in [-0.4, -0.2) is 103 Å². The topological polar surface area (TPSA) is 141 Å². The zero-order valence-corrected chi connectivity index (χ0v) is 34.1. The van der Waals surface area contributed by atoms with E-state index in [0.29, 0.717) is 0 Å². The number of ether oxygens (including phenoxy) is 9. The predicted octanol–water partition coefficient (Wildman–Crippen LogP) is 6.00. The third-order valence-corrected chi connectivity index (χ3v) is 11.6. The molecule has 4 aliphatic heterocycles. The van der Waals surface area contributed by atoms with Gasteiger partial charge >= 0.3 is 0 Å². The molecular formula is C49H49NO12. The molecule has 0 saturated carbocycles. The van der Waals surface area contributed by atoms with Gasteiger partial charge in [-0.2, -0.15) is 0 Å². The largest absolute Gasteiger partial charge is 0.385 e. The van der Waals surface area contributed by atoms with Crippen LogP contribution in [0.1, 0.15) is 49.3 Å². The lowest BCUT2D eigenvalue weighted by Crippen LogP contribution is -2.69. The summed E-state index contributed by atoms with van der Waals surface area (Å²) in [4.78, 5) is 29.6. The van der Waals surface area contributed by atoms with E-state index >= 15 is 0 Å². The molecule has 0 bridgehead atoms. The average Bonchev–Trinajstić information content (AvgIpc) is 3.57. The number of aliphatic hydroxyl groups is 1. The van der Waals surface area contributed by atoms with E-state index in [0.717, 1.165) is 27.2 Å². The first-order valence-corrected chi connectivity index (χ1v) is 20.9. The van der Waals surface area contributed by atoms with Crippen molar-refractivity contribution in [2.75, 3.05) is 20.3 Å². The van der Waals surface area contributed by atoms with E-state index in [2.05, 4.69) is 0 Å². The van der Waals surface area contributed by atoms with E-state index in [4.69, 9.17) is 42.6 Å². The zero-order chi connectivity index (χ0) is 42.4. The highest BCUT2D eigenvalue weighted by Gasteiger charge is 2.58. The summed E-state index contributed by atoms with van der Waals surface area (Å²) in [5, 5.41) is 12.4. The van der Waals surface area contributed by atoms with Crippen molar-refractivity contribution < 1.29 is 57.3 Å². The molecule has 1 N–H and O–H groups in total. The summed E-state index contributed by atoms with van der Waals surface area (Å²) >= 11 is 0. The predicted molar refractivity (Wildman–Crippen MR) is 222 cm³/mol. The van der Waals surface area contributed by atoms with Gasteiger partial charge in [0.1, 0.15) is 48.8 Å². The lowest BCUT2D eigenvalue weighted by atomic mass is 9.93. The number of nitrogens with zero attached hydrogens (tertiary/aromatic N) is 1. The summed E-state index contributed by atoms with van der Waals surface area (Å²) in [6, 6.07) is 43.9. The molecule has 4 heterocycles. The van der Waals surface area contributed by atoms with Crippen molar-refractivity contribution in [3.63, 3.8) is 0 Å². The van der Waals surface area contributed by atoms with E-state index in [-0.39, 0.29) is 44.2 Å². The lowest BCUT2D eigenvalue weighted by molar-refractivity contribution is -0.387. The standard InChI is InChI=1S/C49H49NO12/c1-54-48-39(50-45(52)35-24-14-15-25-36(35)46(50)53)43(56-27-32-18-8-3-9-19-32)41(37(59-48)29-55-26-31-16-6-2-7-17-31)62-49-40(51)44(57-28-33-20-10-4-11-21-33)42-38(60-49)30-58-47(61-42)34-22-12-5-13-23-34/h2-25,37-44,47-49,51H,26-30H2,1H3/t37-,38-,39-,40+,41-,42+,43-,44+,47+,48-,49+/m1/s1. The van der Waals surface area contributed by atoms with Gasteiger partial charge in [0.2, 0.25) is 0 Å². The molecule has 5 aromatic rings. The molecule has 2 amide bonds. The molecule has 4 aliphatic rings. The van der Waals surface area contributed by atoms with Crippen molar-refractivity contribution in [3.8, 4) is 0 Å². The fourth-order valence-electron chi connectivity index (χ4n) is 8.53. The Morgan fingerprint density at radius 2 is 1.15 bits per heavy atom. The Balaban J connectivity index is 1.06. The average molecular weight is 844 g/mol. The van der Waals surface area contributed by atoms with Gasteiger partial charge in [-0.25, -0.2) is 0 Å². The molecule has 13 heteroatoms. The van der Waals surface area contributed by atoms with Gasteiger partial charge in [-0.15, -0.1) is 0 Å². The summed E-state index contributed by atoms with van der Waals surface area (Å²) in [7, 11) is 1.45. The summed E-state index contributed by atoms with van der Waals surface area (Å²) in [5.41, 5.74) is 3.98. The van der Waals surface area contributed by atoms with E-state index in [1.165, 1.54) is 7.11 Å². The highest BCUT2D eigenvalue weighted by molar-refractivity contribution is 6.21. The Morgan fingerprint density at radius 3 is 1.73 bits per heavy atom. The van der Waals surface area contributed by atoms with Crippen molar-refractivity contribution in [1.82, 2.24) is 4.90 Å². The molecule has 0 spiro atoms. The molecular weight excluding hydrogens is 795 g/mol. The van der Waals surface area contributed by atoms with Gasteiger partial charge in [-0.1, -0.05) is 133 Å². The van der Waals surface area contributed by atoms with Crippen molar-refractivity contribution >= 4 is 11.8 Å². The van der Waals surface area contributed by atoms with Gasteiger partial charge in [0.25, 0.3) is 11.8 Å². The molecule has 5 aromatic carbocycles. The van der Waals surface area contributed by atoms with Crippen LogP contribution < -0.4 is 0 Å².